The Hall–Kier alpha value is -0.900. The van der Waals surface area contributed by atoms with Crippen molar-refractivity contribution in [1.82, 2.24) is 0 Å². The van der Waals surface area contributed by atoms with Crippen LogP contribution in [-0.4, -0.2) is 23.4 Å². The molecule has 0 atom stereocenters. The lowest BCUT2D eigenvalue weighted by molar-refractivity contribution is -0.123. The molecule has 0 bridgehead atoms. The molecule has 76 valence electrons. The summed E-state index contributed by atoms with van der Waals surface area (Å²) in [5, 5.41) is 9.06. The van der Waals surface area contributed by atoms with Crippen LogP contribution in [0.3, 0.4) is 0 Å². The summed E-state index contributed by atoms with van der Waals surface area (Å²) in [6, 6.07) is 0. The van der Waals surface area contributed by atoms with Gasteiger partial charge in [0.25, 0.3) is 0 Å². The number of carbonyl (C=O) groups excluding carboxylic acids is 2. The average Bonchev–Trinajstić information content (AvgIpc) is 2.06. The SMILES string of the molecule is CC=O.NC(=O)C1CCC(O)CC1. The molecule has 0 spiro atoms. The van der Waals surface area contributed by atoms with Crippen molar-refractivity contribution in [2.45, 2.75) is 38.7 Å². The number of amides is 1. The largest absolute Gasteiger partial charge is 0.393 e. The minimum atomic E-state index is -0.216. The summed E-state index contributed by atoms with van der Waals surface area (Å²) in [6.07, 6.45) is 3.53. The highest BCUT2D eigenvalue weighted by atomic mass is 16.3. The van der Waals surface area contributed by atoms with E-state index in [0.29, 0.717) is 0 Å². The molecule has 4 nitrogen and oxygen atoms in total. The Balaban J connectivity index is 0.000000424. The van der Waals surface area contributed by atoms with E-state index in [4.69, 9.17) is 15.6 Å². The molecule has 3 N–H and O–H groups in total. The number of primary amides is 1. The molecule has 1 fully saturated rings. The number of hydrogen-bond donors (Lipinski definition) is 2. The highest BCUT2D eigenvalue weighted by Crippen LogP contribution is 2.23. The normalized spacial score (nSPS) is 26.9. The fourth-order valence-electron chi connectivity index (χ4n) is 1.36. The van der Waals surface area contributed by atoms with Crippen molar-refractivity contribution in [2.75, 3.05) is 0 Å². The van der Waals surface area contributed by atoms with Gasteiger partial charge in [0.2, 0.25) is 5.91 Å². The van der Waals surface area contributed by atoms with E-state index in [1.807, 2.05) is 0 Å². The molecule has 1 amide bonds. The number of carbonyl (C=O) groups is 2. The van der Waals surface area contributed by atoms with Gasteiger partial charge in [0, 0.05) is 5.92 Å². The van der Waals surface area contributed by atoms with Gasteiger partial charge in [-0.15, -0.1) is 0 Å². The van der Waals surface area contributed by atoms with Crippen molar-refractivity contribution >= 4 is 12.2 Å². The number of rotatable bonds is 1. The molecule has 0 unspecified atom stereocenters. The summed E-state index contributed by atoms with van der Waals surface area (Å²) in [5.74, 6) is -0.199. The summed E-state index contributed by atoms with van der Waals surface area (Å²) in [6.45, 7) is 1.44. The molecule has 0 aromatic heterocycles. The fraction of sp³-hybridized carbons (Fsp3) is 0.778. The maximum absolute atomic E-state index is 10.6. The molecule has 13 heavy (non-hydrogen) atoms. The Morgan fingerprint density at radius 2 is 1.77 bits per heavy atom. The van der Waals surface area contributed by atoms with E-state index < -0.39 is 0 Å². The first-order valence-corrected chi connectivity index (χ1v) is 4.49. The van der Waals surface area contributed by atoms with E-state index in [-0.39, 0.29) is 17.9 Å². The van der Waals surface area contributed by atoms with Crippen LogP contribution in [-0.2, 0) is 9.59 Å². The van der Waals surface area contributed by atoms with E-state index in [1.165, 1.54) is 6.92 Å². The minimum Gasteiger partial charge on any atom is -0.393 e. The summed E-state index contributed by atoms with van der Waals surface area (Å²) in [4.78, 5) is 19.4. The van der Waals surface area contributed by atoms with Gasteiger partial charge in [-0.25, -0.2) is 0 Å². The van der Waals surface area contributed by atoms with Gasteiger partial charge in [-0.3, -0.25) is 4.79 Å². The van der Waals surface area contributed by atoms with Gasteiger partial charge in [0.05, 0.1) is 6.10 Å². The van der Waals surface area contributed by atoms with Crippen LogP contribution in [0.25, 0.3) is 0 Å². The van der Waals surface area contributed by atoms with Crippen LogP contribution in [0.1, 0.15) is 32.6 Å². The number of aliphatic hydroxyl groups is 1. The van der Waals surface area contributed by atoms with Gasteiger partial charge < -0.3 is 15.6 Å². The first-order valence-electron chi connectivity index (χ1n) is 4.49. The molecule has 4 heteroatoms. The standard InChI is InChI=1S/C7H13NO2.C2H4O/c8-7(10)5-1-3-6(9)4-2-5;1-2-3/h5-6,9H,1-4H2,(H2,8,10);2H,1H3. The second-order valence-electron chi connectivity index (χ2n) is 3.14. The molecule has 1 aliphatic carbocycles. The van der Waals surface area contributed by atoms with Crippen molar-refractivity contribution in [3.63, 3.8) is 0 Å². The molecular weight excluding hydrogens is 170 g/mol. The van der Waals surface area contributed by atoms with Crippen LogP contribution in [0.5, 0.6) is 0 Å². The molecule has 0 heterocycles. The Bertz CT molecular complexity index is 162. The van der Waals surface area contributed by atoms with Crippen molar-refractivity contribution in [1.29, 1.82) is 0 Å². The average molecular weight is 187 g/mol. The monoisotopic (exact) mass is 187 g/mol. The molecule has 0 saturated heterocycles. The summed E-state index contributed by atoms with van der Waals surface area (Å²) in [7, 11) is 0. The van der Waals surface area contributed by atoms with Crippen LogP contribution in [0.15, 0.2) is 0 Å². The lowest BCUT2D eigenvalue weighted by Gasteiger charge is -2.22. The molecular formula is C9H17NO3. The van der Waals surface area contributed by atoms with Crippen molar-refractivity contribution in [2.24, 2.45) is 11.7 Å². The number of aldehydes is 1. The summed E-state index contributed by atoms with van der Waals surface area (Å²) < 4.78 is 0. The number of nitrogens with two attached hydrogens (primary N) is 1. The van der Waals surface area contributed by atoms with Crippen LogP contribution < -0.4 is 5.73 Å². The molecule has 0 radical (unpaired) electrons. The highest BCUT2D eigenvalue weighted by molar-refractivity contribution is 5.76. The zero-order valence-electron chi connectivity index (χ0n) is 7.90. The van der Waals surface area contributed by atoms with Crippen LogP contribution in [0.4, 0.5) is 0 Å². The summed E-state index contributed by atoms with van der Waals surface area (Å²) >= 11 is 0. The Kier molecular flexibility index (Phi) is 6.14. The molecule has 1 aliphatic rings. The van der Waals surface area contributed by atoms with Crippen molar-refractivity contribution < 1.29 is 14.7 Å². The van der Waals surface area contributed by atoms with Gasteiger partial charge in [-0.05, 0) is 32.6 Å². The van der Waals surface area contributed by atoms with Crippen LogP contribution in [0, 0.1) is 5.92 Å². The van der Waals surface area contributed by atoms with Crippen LogP contribution in [0.2, 0.25) is 0 Å². The van der Waals surface area contributed by atoms with Crippen molar-refractivity contribution in [3.8, 4) is 0 Å². The van der Waals surface area contributed by atoms with Crippen LogP contribution >= 0.6 is 0 Å². The smallest absolute Gasteiger partial charge is 0.220 e. The first kappa shape index (κ1) is 12.1. The molecule has 0 aliphatic heterocycles. The Morgan fingerprint density at radius 3 is 2.08 bits per heavy atom. The van der Waals surface area contributed by atoms with Gasteiger partial charge in [0.15, 0.2) is 0 Å². The first-order chi connectivity index (χ1) is 6.11. The fourth-order valence-corrected chi connectivity index (χ4v) is 1.36. The lowest BCUT2D eigenvalue weighted by Crippen LogP contribution is -2.29. The molecule has 0 aromatic carbocycles. The third kappa shape index (κ3) is 5.36. The topological polar surface area (TPSA) is 80.4 Å². The Labute approximate surface area is 78.1 Å². The third-order valence-corrected chi connectivity index (χ3v) is 2.10. The molecule has 1 rings (SSSR count). The van der Waals surface area contributed by atoms with Crippen molar-refractivity contribution in [3.05, 3.63) is 0 Å². The van der Waals surface area contributed by atoms with Gasteiger partial charge in [-0.2, -0.15) is 0 Å². The number of aliphatic hydroxyl groups excluding tert-OH is 1. The zero-order chi connectivity index (χ0) is 10.3. The van der Waals surface area contributed by atoms with E-state index in [0.717, 1.165) is 32.0 Å². The zero-order valence-corrected chi connectivity index (χ0v) is 7.90. The van der Waals surface area contributed by atoms with E-state index in [9.17, 15) is 4.79 Å². The number of hydrogen-bond acceptors (Lipinski definition) is 3. The third-order valence-electron chi connectivity index (χ3n) is 2.10. The quantitative estimate of drug-likeness (QED) is 0.576. The second kappa shape index (κ2) is 6.60. The second-order valence-corrected chi connectivity index (χ2v) is 3.14. The van der Waals surface area contributed by atoms with Gasteiger partial charge >= 0.3 is 0 Å². The minimum absolute atomic E-state index is 0.0170. The Morgan fingerprint density at radius 1 is 1.38 bits per heavy atom. The van der Waals surface area contributed by atoms with Gasteiger partial charge in [-0.1, -0.05) is 0 Å². The van der Waals surface area contributed by atoms with E-state index in [2.05, 4.69) is 0 Å². The predicted molar refractivity (Wildman–Crippen MR) is 48.9 cm³/mol. The highest BCUT2D eigenvalue weighted by Gasteiger charge is 2.22. The summed E-state index contributed by atoms with van der Waals surface area (Å²) in [5.41, 5.74) is 5.09. The van der Waals surface area contributed by atoms with E-state index >= 15 is 0 Å². The maximum Gasteiger partial charge on any atom is 0.220 e. The van der Waals surface area contributed by atoms with E-state index in [1.54, 1.807) is 0 Å². The molecule has 1 saturated carbocycles. The predicted octanol–water partition coefficient (Wildman–Crippen LogP) is 0.228. The molecule has 0 aromatic rings. The van der Waals surface area contributed by atoms with Gasteiger partial charge in [0.1, 0.15) is 6.29 Å². The maximum atomic E-state index is 10.6. The lowest BCUT2D eigenvalue weighted by atomic mass is 9.87.